The minimum Gasteiger partial charge on any atom is -0.362 e. The normalized spacial score (nSPS) is 10.0. The van der Waals surface area contributed by atoms with Crippen LogP contribution in [-0.2, 0) is 5.33 Å². The van der Waals surface area contributed by atoms with Gasteiger partial charge in [-0.25, -0.2) is 9.97 Å². The summed E-state index contributed by atoms with van der Waals surface area (Å²) in [4.78, 5) is 9.91. The van der Waals surface area contributed by atoms with Crippen LogP contribution < -0.4 is 4.90 Å². The lowest BCUT2D eigenvalue weighted by molar-refractivity contribution is 1.01. The molecule has 0 spiro atoms. The molecule has 0 aliphatic carbocycles. The van der Waals surface area contributed by atoms with Crippen LogP contribution in [0.25, 0.3) is 0 Å². The lowest BCUT2D eigenvalue weighted by Gasteiger charge is -2.14. The molecule has 0 bridgehead atoms. The summed E-state index contributed by atoms with van der Waals surface area (Å²) in [5, 5.41) is 1.17. The third-order valence-electron chi connectivity index (χ3n) is 1.43. The fourth-order valence-corrected chi connectivity index (χ4v) is 1.76. The smallest absolute Gasteiger partial charge is 0.138 e. The Labute approximate surface area is 84.9 Å². The van der Waals surface area contributed by atoms with Gasteiger partial charge in [0.05, 0.1) is 0 Å². The van der Waals surface area contributed by atoms with Crippen molar-refractivity contribution in [2.45, 2.75) is 5.33 Å². The zero-order valence-electron chi connectivity index (χ0n) is 6.88. The largest absolute Gasteiger partial charge is 0.362 e. The topological polar surface area (TPSA) is 29.0 Å². The van der Waals surface area contributed by atoms with Crippen molar-refractivity contribution in [1.29, 1.82) is 0 Å². The molecule has 0 atom stereocenters. The first-order valence-electron chi connectivity index (χ1n) is 3.39. The first-order chi connectivity index (χ1) is 5.66. The zero-order valence-corrected chi connectivity index (χ0v) is 9.22. The molecule has 1 aromatic heterocycles. The number of alkyl halides is 1. The van der Waals surface area contributed by atoms with Crippen LogP contribution in [0.1, 0.15) is 5.56 Å². The van der Waals surface area contributed by atoms with Gasteiger partial charge in [0.1, 0.15) is 17.3 Å². The number of rotatable bonds is 2. The van der Waals surface area contributed by atoms with Crippen molar-refractivity contribution in [3.05, 3.63) is 17.0 Å². The quantitative estimate of drug-likeness (QED) is 0.594. The Kier molecular flexibility index (Phi) is 3.29. The fraction of sp³-hybridized carbons (Fsp3) is 0.429. The molecule has 0 aromatic carbocycles. The molecule has 0 saturated carbocycles. The Morgan fingerprint density at radius 3 is 2.58 bits per heavy atom. The van der Waals surface area contributed by atoms with Crippen LogP contribution in [0.3, 0.4) is 0 Å². The molecule has 3 nitrogen and oxygen atoms in total. The van der Waals surface area contributed by atoms with Gasteiger partial charge in [0, 0.05) is 25.0 Å². The minimum atomic E-state index is 0.505. The first-order valence-corrected chi connectivity index (χ1v) is 4.89. The highest BCUT2D eigenvalue weighted by Gasteiger charge is 2.09. The van der Waals surface area contributed by atoms with E-state index in [1.54, 1.807) is 0 Å². The Morgan fingerprint density at radius 1 is 1.50 bits per heavy atom. The number of aromatic nitrogens is 2. The molecule has 0 unspecified atom stereocenters. The molecular weight excluding hydrogens is 241 g/mol. The average molecular weight is 251 g/mol. The second-order valence-corrected chi connectivity index (χ2v) is 3.41. The first kappa shape index (κ1) is 9.74. The van der Waals surface area contributed by atoms with Crippen LogP contribution in [-0.4, -0.2) is 24.1 Å². The molecule has 1 aromatic rings. The number of hydrogen-bond acceptors (Lipinski definition) is 3. The van der Waals surface area contributed by atoms with Crippen molar-refractivity contribution < 1.29 is 0 Å². The van der Waals surface area contributed by atoms with E-state index in [2.05, 4.69) is 25.9 Å². The molecule has 5 heteroatoms. The van der Waals surface area contributed by atoms with Crippen molar-refractivity contribution in [3.63, 3.8) is 0 Å². The third-order valence-corrected chi connectivity index (χ3v) is 2.31. The van der Waals surface area contributed by atoms with E-state index in [-0.39, 0.29) is 0 Å². The van der Waals surface area contributed by atoms with Crippen LogP contribution >= 0.6 is 27.5 Å². The van der Waals surface area contributed by atoms with Gasteiger partial charge in [-0.15, -0.1) is 0 Å². The Morgan fingerprint density at radius 2 is 2.17 bits per heavy atom. The number of hydrogen-bond donors (Lipinski definition) is 0. The van der Waals surface area contributed by atoms with Gasteiger partial charge >= 0.3 is 0 Å². The molecule has 0 fully saturated rings. The van der Waals surface area contributed by atoms with E-state index in [1.165, 1.54) is 6.33 Å². The number of nitrogens with zero attached hydrogens (tertiary/aromatic N) is 3. The van der Waals surface area contributed by atoms with E-state index in [0.29, 0.717) is 10.5 Å². The highest BCUT2D eigenvalue weighted by Crippen LogP contribution is 2.23. The van der Waals surface area contributed by atoms with Crippen LogP contribution in [0.5, 0.6) is 0 Å². The van der Waals surface area contributed by atoms with Gasteiger partial charge in [0.25, 0.3) is 0 Å². The third kappa shape index (κ3) is 1.87. The highest BCUT2D eigenvalue weighted by molar-refractivity contribution is 9.08. The maximum Gasteiger partial charge on any atom is 0.138 e. The zero-order chi connectivity index (χ0) is 9.14. The second-order valence-electron chi connectivity index (χ2n) is 2.49. The molecule has 66 valence electrons. The van der Waals surface area contributed by atoms with Gasteiger partial charge in [-0.05, 0) is 0 Å². The van der Waals surface area contributed by atoms with Crippen LogP contribution in [0, 0.1) is 0 Å². The van der Waals surface area contributed by atoms with Gasteiger partial charge in [-0.1, -0.05) is 27.5 Å². The van der Waals surface area contributed by atoms with Crippen molar-refractivity contribution in [3.8, 4) is 0 Å². The molecule has 0 aliphatic rings. The van der Waals surface area contributed by atoms with Gasteiger partial charge in [0.15, 0.2) is 0 Å². The van der Waals surface area contributed by atoms with Gasteiger partial charge in [0.2, 0.25) is 0 Å². The lowest BCUT2D eigenvalue weighted by Crippen LogP contribution is -2.13. The summed E-state index contributed by atoms with van der Waals surface area (Å²) in [5.74, 6) is 0.854. The maximum atomic E-state index is 5.87. The summed E-state index contributed by atoms with van der Waals surface area (Å²) in [6.07, 6.45) is 1.46. The van der Waals surface area contributed by atoms with Gasteiger partial charge in [-0.3, -0.25) is 0 Å². The Balaban J connectivity index is 3.18. The molecule has 0 N–H and O–H groups in total. The monoisotopic (exact) mass is 249 g/mol. The second kappa shape index (κ2) is 4.05. The van der Waals surface area contributed by atoms with Crippen molar-refractivity contribution >= 4 is 33.3 Å². The summed E-state index contributed by atoms with van der Waals surface area (Å²) < 4.78 is 0. The SMILES string of the molecule is CN(C)c1ncnc(Cl)c1CBr. The number of halogens is 2. The summed E-state index contributed by atoms with van der Waals surface area (Å²) in [5.41, 5.74) is 0.921. The maximum absolute atomic E-state index is 5.87. The Bertz CT molecular complexity index is 277. The fourth-order valence-electron chi connectivity index (χ4n) is 0.883. The van der Waals surface area contributed by atoms with Crippen LogP contribution in [0.4, 0.5) is 5.82 Å². The van der Waals surface area contributed by atoms with Crippen LogP contribution in [0.2, 0.25) is 5.15 Å². The molecule has 0 amide bonds. The summed E-state index contributed by atoms with van der Waals surface area (Å²) in [7, 11) is 3.84. The molecule has 0 radical (unpaired) electrons. The predicted molar refractivity (Wildman–Crippen MR) is 54.0 cm³/mol. The minimum absolute atomic E-state index is 0.505. The lowest BCUT2D eigenvalue weighted by atomic mass is 10.3. The van der Waals surface area contributed by atoms with Crippen molar-refractivity contribution in [2.24, 2.45) is 0 Å². The molecule has 0 aliphatic heterocycles. The summed E-state index contributed by atoms with van der Waals surface area (Å²) >= 11 is 9.20. The van der Waals surface area contributed by atoms with E-state index >= 15 is 0 Å². The molecular formula is C7H9BrClN3. The predicted octanol–water partition coefficient (Wildman–Crippen LogP) is 2.09. The standard InChI is InChI=1S/C7H9BrClN3/c1-12(2)7-5(3-8)6(9)10-4-11-7/h4H,3H2,1-2H3. The van der Waals surface area contributed by atoms with E-state index in [4.69, 9.17) is 11.6 Å². The average Bonchev–Trinajstić information content (AvgIpc) is 2.03. The van der Waals surface area contributed by atoms with Crippen molar-refractivity contribution in [1.82, 2.24) is 9.97 Å². The van der Waals surface area contributed by atoms with Gasteiger partial charge < -0.3 is 4.90 Å². The van der Waals surface area contributed by atoms with Crippen LogP contribution in [0.15, 0.2) is 6.33 Å². The van der Waals surface area contributed by atoms with Gasteiger partial charge in [-0.2, -0.15) is 0 Å². The molecule has 12 heavy (non-hydrogen) atoms. The summed E-state index contributed by atoms with van der Waals surface area (Å²) in [6, 6.07) is 0. The van der Waals surface area contributed by atoms with E-state index < -0.39 is 0 Å². The molecule has 1 heterocycles. The molecule has 0 saturated heterocycles. The Hall–Kier alpha value is -0.350. The number of anilines is 1. The molecule has 1 rings (SSSR count). The van der Waals surface area contributed by atoms with Crippen molar-refractivity contribution in [2.75, 3.05) is 19.0 Å². The van der Waals surface area contributed by atoms with E-state index in [0.717, 1.165) is 11.4 Å². The van der Waals surface area contributed by atoms with E-state index in [1.807, 2.05) is 19.0 Å². The summed E-state index contributed by atoms with van der Waals surface area (Å²) in [6.45, 7) is 0. The highest BCUT2D eigenvalue weighted by atomic mass is 79.9. The van der Waals surface area contributed by atoms with E-state index in [9.17, 15) is 0 Å².